The van der Waals surface area contributed by atoms with Gasteiger partial charge in [0.15, 0.2) is 16.8 Å². The number of ether oxygens (including phenoxy) is 5. The second kappa shape index (κ2) is 17.8. The van der Waals surface area contributed by atoms with Crippen molar-refractivity contribution in [2.24, 2.45) is 53.3 Å². The van der Waals surface area contributed by atoms with E-state index >= 15 is 0 Å². The Morgan fingerprint density at radius 3 is 1.27 bits per heavy atom. The van der Waals surface area contributed by atoms with Crippen LogP contribution < -0.4 is 23.7 Å². The number of methoxy groups -OCH3 is 2. The summed E-state index contributed by atoms with van der Waals surface area (Å²) in [7, 11) is 3.30. The van der Waals surface area contributed by atoms with Gasteiger partial charge in [0.1, 0.15) is 51.3 Å². The van der Waals surface area contributed by atoms with Gasteiger partial charge in [-0.1, -0.05) is 141 Å². The first-order chi connectivity index (χ1) is 35.1. The highest BCUT2D eigenvalue weighted by molar-refractivity contribution is 5.60. The van der Waals surface area contributed by atoms with E-state index in [0.717, 1.165) is 67.5 Å². The Kier molecular flexibility index (Phi) is 12.4. The predicted octanol–water partition coefficient (Wildman–Crippen LogP) is 12.9. The van der Waals surface area contributed by atoms with Gasteiger partial charge >= 0.3 is 0 Å². The molecule has 9 nitrogen and oxygen atoms in total. The van der Waals surface area contributed by atoms with Gasteiger partial charge in [-0.05, 0) is 138 Å². The maximum absolute atomic E-state index is 12.2. The van der Waals surface area contributed by atoms with Gasteiger partial charge in [-0.3, -0.25) is 0 Å². The minimum absolute atomic E-state index is 0.0583. The van der Waals surface area contributed by atoms with Crippen LogP contribution >= 0.6 is 0 Å². The summed E-state index contributed by atoms with van der Waals surface area (Å²) in [5.41, 5.74) is 2.81. The van der Waals surface area contributed by atoms with E-state index in [4.69, 9.17) is 23.7 Å². The number of phenols is 1. The van der Waals surface area contributed by atoms with Crippen LogP contribution in [0.1, 0.15) is 112 Å². The second-order valence-corrected chi connectivity index (χ2v) is 23.1. The van der Waals surface area contributed by atoms with E-state index < -0.39 is 33.6 Å². The molecule has 4 N–H and O–H groups in total. The molecule has 0 bridgehead atoms. The highest BCUT2D eigenvalue weighted by Crippen LogP contribution is 2.71. The predicted molar refractivity (Wildman–Crippen MR) is 289 cm³/mol. The molecule has 15 unspecified atom stereocenters. The number of phenolic OH excluding ortho intramolecular Hbond substituents is 1. The largest absolute Gasteiger partial charge is 0.507 e. The van der Waals surface area contributed by atoms with Crippen LogP contribution in [-0.4, -0.2) is 34.6 Å². The SMILES string of the molecule is CC1C(C)C2(O)c3ccccc3OC2(c2ccccc2)C1C.COc1ccc(C23Oc4cc(C)cc(C)c4C2(O)C(C)C(C)C3C)cc1.COc1ccc(C23Oc4cc(C)cc(O)c4C2(O)C(C)C(C)C3C)cc1. The summed E-state index contributed by atoms with van der Waals surface area (Å²) in [6.07, 6.45) is 0. The summed E-state index contributed by atoms with van der Waals surface area (Å²) in [4.78, 5) is 0. The molecular weight excluding hydrogens is 925 g/mol. The zero-order valence-corrected chi connectivity index (χ0v) is 45.7. The number of benzene rings is 6. The second-order valence-electron chi connectivity index (χ2n) is 23.1. The average molecular weight is 1000 g/mol. The van der Waals surface area contributed by atoms with Crippen LogP contribution in [0.5, 0.6) is 34.5 Å². The highest BCUT2D eigenvalue weighted by atomic mass is 16.5. The monoisotopic (exact) mass is 1000 g/mol. The van der Waals surface area contributed by atoms with E-state index in [0.29, 0.717) is 23.1 Å². The van der Waals surface area contributed by atoms with Crippen molar-refractivity contribution in [3.63, 3.8) is 0 Å². The molecule has 390 valence electrons. The van der Waals surface area contributed by atoms with Crippen molar-refractivity contribution in [1.29, 1.82) is 0 Å². The van der Waals surface area contributed by atoms with Crippen molar-refractivity contribution >= 4 is 0 Å². The van der Waals surface area contributed by atoms with Crippen LogP contribution in [-0.2, 0) is 33.6 Å². The van der Waals surface area contributed by atoms with Gasteiger partial charge in [0.25, 0.3) is 0 Å². The number of fused-ring (bicyclic) bond motifs is 9. The normalized spacial score (nSPS) is 36.2. The molecule has 0 saturated heterocycles. The fraction of sp³-hybridized carbons (Fsp3) is 0.446. The third kappa shape index (κ3) is 6.51. The third-order valence-electron chi connectivity index (χ3n) is 20.1. The van der Waals surface area contributed by atoms with Gasteiger partial charge in [-0.25, -0.2) is 0 Å². The van der Waals surface area contributed by atoms with E-state index in [1.807, 2.05) is 111 Å². The smallest absolute Gasteiger partial charge is 0.170 e. The number of hydrogen-bond donors (Lipinski definition) is 4. The maximum Gasteiger partial charge on any atom is 0.170 e. The topological polar surface area (TPSA) is 127 Å². The highest BCUT2D eigenvalue weighted by Gasteiger charge is 2.75. The van der Waals surface area contributed by atoms with Gasteiger partial charge in [-0.2, -0.15) is 0 Å². The molecule has 3 aliphatic carbocycles. The minimum atomic E-state index is -1.30. The Morgan fingerprint density at radius 2 is 0.784 bits per heavy atom. The first-order valence-corrected chi connectivity index (χ1v) is 26.7. The van der Waals surface area contributed by atoms with Gasteiger partial charge in [0.05, 0.1) is 19.8 Å². The molecule has 0 spiro atoms. The Hall–Kier alpha value is -6.00. The molecule has 15 atom stereocenters. The van der Waals surface area contributed by atoms with Crippen molar-refractivity contribution < 1.29 is 44.1 Å². The molecule has 9 heteroatoms. The van der Waals surface area contributed by atoms with Crippen molar-refractivity contribution in [3.8, 4) is 34.5 Å². The van der Waals surface area contributed by atoms with E-state index in [1.54, 1.807) is 20.3 Å². The molecule has 3 aliphatic heterocycles. The summed E-state index contributed by atoms with van der Waals surface area (Å²) in [6, 6.07) is 41.7. The van der Waals surface area contributed by atoms with Gasteiger partial charge < -0.3 is 44.1 Å². The molecule has 0 amide bonds. The molecule has 12 rings (SSSR count). The zero-order valence-electron chi connectivity index (χ0n) is 45.7. The van der Waals surface area contributed by atoms with E-state index in [1.165, 1.54) is 0 Å². The van der Waals surface area contributed by atoms with Crippen molar-refractivity contribution in [2.45, 2.75) is 117 Å². The average Bonchev–Trinajstić information content (AvgIpc) is 4.07. The van der Waals surface area contributed by atoms with Gasteiger partial charge in [-0.15, -0.1) is 0 Å². The van der Waals surface area contributed by atoms with Crippen LogP contribution in [0.25, 0.3) is 0 Å². The number of rotatable bonds is 5. The van der Waals surface area contributed by atoms with Crippen LogP contribution in [0.2, 0.25) is 0 Å². The van der Waals surface area contributed by atoms with Gasteiger partial charge in [0, 0.05) is 28.9 Å². The summed E-state index contributed by atoms with van der Waals surface area (Å²) in [6.45, 7) is 25.6. The van der Waals surface area contributed by atoms with E-state index in [2.05, 4.69) is 93.5 Å². The molecule has 3 saturated carbocycles. The molecule has 6 aromatic rings. The lowest BCUT2D eigenvalue weighted by Gasteiger charge is -2.40. The van der Waals surface area contributed by atoms with Crippen LogP contribution in [0, 0.1) is 74.0 Å². The number of para-hydroxylation sites is 1. The molecule has 6 aliphatic rings. The number of aromatic hydroxyl groups is 1. The van der Waals surface area contributed by atoms with E-state index in [-0.39, 0.29) is 47.2 Å². The lowest BCUT2D eigenvalue weighted by atomic mass is 9.71. The lowest BCUT2D eigenvalue weighted by molar-refractivity contribution is -0.133. The molecule has 3 heterocycles. The molecular formula is C65H76O9. The van der Waals surface area contributed by atoms with Crippen LogP contribution in [0.4, 0.5) is 0 Å². The van der Waals surface area contributed by atoms with Crippen LogP contribution in [0.15, 0.2) is 127 Å². The lowest BCUT2D eigenvalue weighted by Crippen LogP contribution is -2.50. The van der Waals surface area contributed by atoms with E-state index in [9.17, 15) is 20.4 Å². The zero-order chi connectivity index (χ0) is 53.2. The summed E-state index contributed by atoms with van der Waals surface area (Å²) in [5.74, 6) is 5.41. The van der Waals surface area contributed by atoms with Crippen LogP contribution in [0.3, 0.4) is 0 Å². The Morgan fingerprint density at radius 1 is 0.405 bits per heavy atom. The molecule has 3 fully saturated rings. The molecule has 0 radical (unpaired) electrons. The maximum atomic E-state index is 12.2. The minimum Gasteiger partial charge on any atom is -0.507 e. The van der Waals surface area contributed by atoms with Crippen molar-refractivity contribution in [1.82, 2.24) is 0 Å². The van der Waals surface area contributed by atoms with Crippen molar-refractivity contribution in [3.05, 3.63) is 177 Å². The molecule has 6 aromatic carbocycles. The molecule has 74 heavy (non-hydrogen) atoms. The summed E-state index contributed by atoms with van der Waals surface area (Å²) in [5, 5.41) is 46.9. The molecule has 0 aromatic heterocycles. The van der Waals surface area contributed by atoms with Gasteiger partial charge in [0.2, 0.25) is 0 Å². The Balaban J connectivity index is 0.000000127. The quantitative estimate of drug-likeness (QED) is 0.134. The fourth-order valence-electron chi connectivity index (χ4n) is 15.5. The van der Waals surface area contributed by atoms with Crippen molar-refractivity contribution in [2.75, 3.05) is 14.2 Å². The summed E-state index contributed by atoms with van der Waals surface area (Å²) < 4.78 is 30.4. The Bertz CT molecular complexity index is 2940. The third-order valence-corrected chi connectivity index (χ3v) is 20.1. The fourth-order valence-corrected chi connectivity index (χ4v) is 15.5. The standard InChI is InChI=1S/C23H28O3.C22H26O4.C20H22O2/c1-13-11-14(2)21-20(12-13)26-23(18-7-9-19(25-6)10-8-18)17(5)15(3)16(4)22(21,23)24;1-12-10-18(23)20-19(11-12)26-22(16-6-8-17(25-5)9-7-16)15(4)13(2)14(3)21(20,22)24;1-13-14(2)19(21)17-11-7-8-12-18(17)22-20(19,15(13)3)16-9-5-4-6-10-16/h7-12,15-17,24H,1-6H3;6-11,13-15,23-24H,1-5H3;4-15,21H,1-3H3. The first-order valence-electron chi connectivity index (χ1n) is 26.7. The first kappa shape index (κ1) is 51.5. The Labute approximate surface area is 438 Å². The number of hydrogen-bond acceptors (Lipinski definition) is 9. The summed E-state index contributed by atoms with van der Waals surface area (Å²) >= 11 is 0. The number of aliphatic hydroxyl groups is 3. The number of aryl methyl sites for hydroxylation is 3.